The van der Waals surface area contributed by atoms with E-state index in [0.717, 1.165) is 24.7 Å². The molecule has 5 aromatic carbocycles. The molecule has 404 valence electrons. The fraction of sp³-hybridized carbons (Fsp3) is 0.356. The highest BCUT2D eigenvalue weighted by atomic mass is 16.7. The number of amides is 3. The zero-order valence-electron chi connectivity index (χ0n) is 43.2. The van der Waals surface area contributed by atoms with Gasteiger partial charge in [0, 0.05) is 51.8 Å². The molecule has 5 aromatic rings. The second-order valence-electron chi connectivity index (χ2n) is 19.3. The zero-order valence-corrected chi connectivity index (χ0v) is 43.2. The summed E-state index contributed by atoms with van der Waals surface area (Å²) >= 11 is 0. The molecule has 19 nitrogen and oxygen atoms in total. The van der Waals surface area contributed by atoms with Gasteiger partial charge >= 0.3 is 24.0 Å². The summed E-state index contributed by atoms with van der Waals surface area (Å²) in [4.78, 5) is 95.7. The highest BCUT2D eigenvalue weighted by molar-refractivity contribution is 6.23. The Hall–Kier alpha value is -8.28. The minimum absolute atomic E-state index is 0.00204. The number of cyclic esters (lactones) is 1. The van der Waals surface area contributed by atoms with Gasteiger partial charge in [-0.3, -0.25) is 33.8 Å². The lowest BCUT2D eigenvalue weighted by Gasteiger charge is -2.46. The first kappa shape index (κ1) is 53.1. The molecular formula is C59H58N4O15. The van der Waals surface area contributed by atoms with Crippen LogP contribution in [0.15, 0.2) is 121 Å². The number of benzene rings is 5. The summed E-state index contributed by atoms with van der Waals surface area (Å²) in [7, 11) is 3.74. The first-order valence-corrected chi connectivity index (χ1v) is 25.6. The highest BCUT2D eigenvalue weighted by Gasteiger charge is 2.76. The molecule has 0 aliphatic carbocycles. The average Bonchev–Trinajstić information content (AvgIpc) is 2.75. The van der Waals surface area contributed by atoms with Crippen LogP contribution in [0.2, 0.25) is 0 Å². The molecule has 1 spiro atoms. The Morgan fingerprint density at radius 3 is 2.12 bits per heavy atom. The van der Waals surface area contributed by atoms with Crippen molar-refractivity contribution >= 4 is 41.5 Å². The molecule has 3 saturated heterocycles. The second-order valence-corrected chi connectivity index (χ2v) is 19.3. The molecule has 19 heteroatoms. The SMILES string of the molecule is COCCOC(=O)N1C(=O)[C@@]2(c3cc(C#CCC(C(=O)OC)C(=O)OC)ccc31)[C@H](c1ccc(OCCO)cc1)N1[C@H](c3ccccc3)[C@H](c3ccccc3)OC(=O)[C@H]1[C@@H]2C(=O)N1CCN(Cc2ccc3c(c2)OCO3)CC1. The van der Waals surface area contributed by atoms with E-state index >= 15 is 14.4 Å². The number of carbonyl (C=O) groups is 6. The molecule has 0 unspecified atom stereocenters. The van der Waals surface area contributed by atoms with Crippen molar-refractivity contribution in [1.29, 1.82) is 0 Å². The van der Waals surface area contributed by atoms with E-state index in [1.54, 1.807) is 41.3 Å². The second kappa shape index (κ2) is 23.1. The maximum atomic E-state index is 16.7. The molecule has 3 amide bonds. The lowest BCUT2D eigenvalue weighted by Crippen LogP contribution is -2.59. The number of methoxy groups -OCH3 is 3. The monoisotopic (exact) mass is 1060 g/mol. The van der Waals surface area contributed by atoms with Gasteiger partial charge in [-0.05, 0) is 70.3 Å². The van der Waals surface area contributed by atoms with Gasteiger partial charge in [-0.15, -0.1) is 0 Å². The van der Waals surface area contributed by atoms with Crippen LogP contribution < -0.4 is 19.1 Å². The van der Waals surface area contributed by atoms with E-state index in [9.17, 15) is 19.5 Å². The fourth-order valence-electron chi connectivity index (χ4n) is 11.6. The molecule has 6 atom stereocenters. The first-order chi connectivity index (χ1) is 38.0. The highest BCUT2D eigenvalue weighted by Crippen LogP contribution is 2.66. The molecule has 0 radical (unpaired) electrons. The van der Waals surface area contributed by atoms with E-state index in [1.807, 2.05) is 83.8 Å². The van der Waals surface area contributed by atoms with Crippen molar-refractivity contribution in [2.45, 2.75) is 42.6 Å². The standard InChI is InChI=1S/C59H58N4O15/c1-71-31-32-75-58(70)62-45-23-17-37(11-10-16-43(54(66)72-2)55(67)73-3)33-44(45)59(57(62)69)48(53(65)61-27-25-60(26-28-61)35-38-18-24-46-47(34-38)77-36-76-46)50-56(68)78-51(40-14-8-5-9-15-40)49(39-12-6-4-7-13-39)63(50)52(59)41-19-21-42(22-20-41)74-30-29-64/h4-9,12-15,17-24,33-34,43,48-52,64H,16,25-32,35-36H2,1-3H3/t48-,49-,50-,51+,52+,59-/m1/s1. The molecule has 0 aromatic heterocycles. The quantitative estimate of drug-likeness (QED) is 0.0465. The molecule has 5 aliphatic rings. The minimum Gasteiger partial charge on any atom is -0.491 e. The van der Waals surface area contributed by atoms with Gasteiger partial charge in [0.15, 0.2) is 17.4 Å². The van der Waals surface area contributed by atoms with Gasteiger partial charge in [-0.25, -0.2) is 9.69 Å². The number of anilines is 1. The number of imide groups is 1. The average molecular weight is 1060 g/mol. The third-order valence-electron chi connectivity index (χ3n) is 15.0. The number of hydrogen-bond acceptors (Lipinski definition) is 17. The van der Waals surface area contributed by atoms with Crippen LogP contribution in [0.1, 0.15) is 58.0 Å². The number of piperazine rings is 1. The van der Waals surface area contributed by atoms with Gasteiger partial charge in [-0.2, -0.15) is 0 Å². The van der Waals surface area contributed by atoms with Crippen LogP contribution >= 0.6 is 0 Å². The third kappa shape index (κ3) is 9.88. The first-order valence-electron chi connectivity index (χ1n) is 25.6. The molecule has 78 heavy (non-hydrogen) atoms. The van der Waals surface area contributed by atoms with Crippen LogP contribution in [0.4, 0.5) is 10.5 Å². The summed E-state index contributed by atoms with van der Waals surface area (Å²) < 4.78 is 44.4. The Morgan fingerprint density at radius 1 is 0.744 bits per heavy atom. The van der Waals surface area contributed by atoms with Gasteiger partial charge in [0.05, 0.1) is 51.1 Å². The number of nitrogens with zero attached hydrogens (tertiary/aromatic N) is 4. The molecule has 0 bridgehead atoms. The number of fused-ring (bicyclic) bond motifs is 4. The molecule has 1 N–H and O–H groups in total. The number of ether oxygens (including phenoxy) is 8. The summed E-state index contributed by atoms with van der Waals surface area (Å²) in [5, 5.41) is 9.68. The Morgan fingerprint density at radius 2 is 1.44 bits per heavy atom. The predicted octanol–water partition coefficient (Wildman–Crippen LogP) is 5.28. The van der Waals surface area contributed by atoms with E-state index in [2.05, 4.69) is 16.7 Å². The van der Waals surface area contributed by atoms with Crippen molar-refractivity contribution in [3.05, 3.63) is 155 Å². The predicted molar refractivity (Wildman–Crippen MR) is 278 cm³/mol. The molecule has 5 aliphatic heterocycles. The van der Waals surface area contributed by atoms with Crippen LogP contribution in [0, 0.1) is 23.7 Å². The van der Waals surface area contributed by atoms with Crippen LogP contribution in [0.5, 0.6) is 17.2 Å². The summed E-state index contributed by atoms with van der Waals surface area (Å²) in [6, 6.07) is 32.6. The van der Waals surface area contributed by atoms with Crippen molar-refractivity contribution in [3.8, 4) is 29.1 Å². The Kier molecular flexibility index (Phi) is 15.8. The van der Waals surface area contributed by atoms with E-state index in [4.69, 9.17) is 37.9 Å². The number of hydrogen-bond donors (Lipinski definition) is 1. The van der Waals surface area contributed by atoms with Crippen molar-refractivity contribution in [2.75, 3.05) is 85.6 Å². The van der Waals surface area contributed by atoms with Gasteiger partial charge in [0.1, 0.15) is 36.5 Å². The van der Waals surface area contributed by atoms with Crippen LogP contribution in [-0.2, 0) is 59.6 Å². The third-order valence-corrected chi connectivity index (χ3v) is 15.0. The maximum Gasteiger partial charge on any atom is 0.421 e. The number of rotatable bonds is 15. The number of esters is 3. The number of aliphatic hydroxyl groups is 1. The fourth-order valence-corrected chi connectivity index (χ4v) is 11.6. The van der Waals surface area contributed by atoms with Crippen molar-refractivity contribution in [3.63, 3.8) is 0 Å². The number of morpholine rings is 1. The van der Waals surface area contributed by atoms with Crippen LogP contribution in [0.25, 0.3) is 0 Å². The maximum absolute atomic E-state index is 16.7. The largest absolute Gasteiger partial charge is 0.491 e. The van der Waals surface area contributed by atoms with Gasteiger partial charge < -0.3 is 47.9 Å². The van der Waals surface area contributed by atoms with Gasteiger partial charge in [0.25, 0.3) is 0 Å². The normalized spacial score (nSPS) is 22.3. The molecule has 10 rings (SSSR count). The smallest absolute Gasteiger partial charge is 0.421 e. The molecule has 3 fully saturated rings. The van der Waals surface area contributed by atoms with Gasteiger partial charge in [-0.1, -0.05) is 90.7 Å². The lowest BCUT2D eigenvalue weighted by molar-refractivity contribution is -0.179. The Balaban J connectivity index is 1.18. The summed E-state index contributed by atoms with van der Waals surface area (Å²) in [6.45, 7) is 1.51. The van der Waals surface area contributed by atoms with Crippen molar-refractivity contribution in [1.82, 2.24) is 14.7 Å². The molecule has 5 heterocycles. The number of aliphatic hydroxyl groups excluding tert-OH is 1. The Bertz CT molecular complexity index is 3110. The summed E-state index contributed by atoms with van der Waals surface area (Å²) in [6.07, 6.45) is -2.31. The summed E-state index contributed by atoms with van der Waals surface area (Å²) in [5.74, 6) is 0.920. The number of carbonyl (C=O) groups excluding carboxylic acids is 6. The Labute approximate surface area is 450 Å². The summed E-state index contributed by atoms with van der Waals surface area (Å²) in [5.41, 5.74) is 1.26. The van der Waals surface area contributed by atoms with Crippen molar-refractivity contribution in [2.24, 2.45) is 11.8 Å². The lowest BCUT2D eigenvalue weighted by atomic mass is 9.64. The zero-order chi connectivity index (χ0) is 54.5. The molecular weight excluding hydrogens is 1000 g/mol. The van der Waals surface area contributed by atoms with Crippen LogP contribution in [0.3, 0.4) is 0 Å². The van der Waals surface area contributed by atoms with E-state index < -0.39 is 77.3 Å². The van der Waals surface area contributed by atoms with E-state index in [-0.39, 0.29) is 69.5 Å². The van der Waals surface area contributed by atoms with Crippen LogP contribution in [-0.4, -0.2) is 142 Å². The topological polar surface area (TPSA) is 209 Å². The van der Waals surface area contributed by atoms with E-state index in [1.165, 1.54) is 13.2 Å². The minimum atomic E-state index is -2.13. The van der Waals surface area contributed by atoms with Crippen molar-refractivity contribution < 1.29 is 71.8 Å². The molecule has 0 saturated carbocycles. The van der Waals surface area contributed by atoms with Gasteiger partial charge in [0.2, 0.25) is 18.6 Å². The van der Waals surface area contributed by atoms with E-state index in [0.29, 0.717) is 53.6 Å².